The first-order valence-corrected chi connectivity index (χ1v) is 6.89. The normalized spacial score (nSPS) is 13.7. The third kappa shape index (κ3) is 3.15. The van der Waals surface area contributed by atoms with E-state index in [-0.39, 0.29) is 0 Å². The molecule has 5 heteroatoms. The second kappa shape index (κ2) is 5.61. The fourth-order valence-electron chi connectivity index (χ4n) is 1.94. The third-order valence-corrected chi connectivity index (χ3v) is 3.60. The Morgan fingerprint density at radius 3 is 2.05 bits per heavy atom. The van der Waals surface area contributed by atoms with E-state index in [1.54, 1.807) is 45.9 Å². The van der Waals surface area contributed by atoms with Crippen LogP contribution in [0.5, 0.6) is 0 Å². The summed E-state index contributed by atoms with van der Waals surface area (Å²) in [5, 5.41) is 22.8. The van der Waals surface area contributed by atoms with Crippen LogP contribution in [0.2, 0.25) is 0 Å². The Bertz CT molecular complexity index is 779. The lowest BCUT2D eigenvalue weighted by Crippen LogP contribution is -2.20. The Labute approximate surface area is 133 Å². The van der Waals surface area contributed by atoms with E-state index in [2.05, 4.69) is 22.2 Å². The molecule has 0 radical (unpaired) electrons. The molecule has 0 unspecified atom stereocenters. The number of rotatable bonds is 4. The summed E-state index contributed by atoms with van der Waals surface area (Å²) in [5.41, 5.74) is 0.0190. The van der Waals surface area contributed by atoms with E-state index in [1.165, 1.54) is 12.7 Å². The van der Waals surface area contributed by atoms with Gasteiger partial charge in [-0.05, 0) is 44.4 Å². The molecule has 0 N–H and O–H groups in total. The molecule has 112 valence electrons. The maximum atomic E-state index is 9.44. The monoisotopic (exact) mass is 295 g/mol. The molecule has 0 aliphatic rings. The number of aromatic nitrogens is 3. The maximum absolute atomic E-state index is 9.44. The lowest BCUT2D eigenvalue weighted by molar-refractivity contribution is 0.646. The summed E-state index contributed by atoms with van der Waals surface area (Å²) in [7, 11) is 0. The minimum absolute atomic E-state index is 0.326. The van der Waals surface area contributed by atoms with Crippen LogP contribution >= 0.6 is 0 Å². The molecule has 2 rings (SSSR count). The van der Waals surface area contributed by atoms with E-state index >= 15 is 0 Å². The van der Waals surface area contributed by atoms with Crippen molar-refractivity contribution in [3.63, 3.8) is 0 Å². The largest absolute Gasteiger partial charge is 0.249 e. The van der Waals surface area contributed by atoms with Gasteiger partial charge in [-0.3, -0.25) is 0 Å². The van der Waals surface area contributed by atoms with Crippen LogP contribution in [0, 0.1) is 22.7 Å². The first-order chi connectivity index (χ1) is 11.0. The number of hydrogen-bond acceptors (Lipinski definition) is 4. The van der Waals surface area contributed by atoms with Crippen LogP contribution in [-0.2, 0) is 17.3 Å². The molecule has 1 heterocycles. The summed E-state index contributed by atoms with van der Waals surface area (Å²) in [4.78, 5) is 3.80. The average Bonchev–Trinajstić information content (AvgIpc) is 3.09. The van der Waals surface area contributed by atoms with Gasteiger partial charge in [-0.25, -0.2) is 9.67 Å². The SMILES string of the molecule is [2H]C([2H])(c1cc(C(C)(C)C#N)cc(C(C)(C)C#N)c1)n1cncn1. The zero-order chi connectivity index (χ0) is 18.2. The van der Waals surface area contributed by atoms with Gasteiger partial charge in [0.15, 0.2) is 0 Å². The van der Waals surface area contributed by atoms with Gasteiger partial charge in [0.1, 0.15) is 12.7 Å². The van der Waals surface area contributed by atoms with Gasteiger partial charge >= 0.3 is 0 Å². The first-order valence-electron chi connectivity index (χ1n) is 7.89. The molecule has 2 aromatic rings. The van der Waals surface area contributed by atoms with Crippen molar-refractivity contribution in [1.29, 1.82) is 10.5 Å². The number of nitrogens with zero attached hydrogens (tertiary/aromatic N) is 5. The zero-order valence-corrected chi connectivity index (χ0v) is 13.1. The van der Waals surface area contributed by atoms with E-state index in [0.29, 0.717) is 16.7 Å². The van der Waals surface area contributed by atoms with Gasteiger partial charge in [-0.2, -0.15) is 15.6 Å². The third-order valence-electron chi connectivity index (χ3n) is 3.60. The van der Waals surface area contributed by atoms with Gasteiger partial charge in [0.2, 0.25) is 0 Å². The molecular weight excluding hydrogens is 274 g/mol. The summed E-state index contributed by atoms with van der Waals surface area (Å²) in [5.74, 6) is 0. The van der Waals surface area contributed by atoms with Crippen LogP contribution in [0.15, 0.2) is 30.9 Å². The van der Waals surface area contributed by atoms with Crippen molar-refractivity contribution in [1.82, 2.24) is 14.8 Å². The highest BCUT2D eigenvalue weighted by molar-refractivity contribution is 5.42. The van der Waals surface area contributed by atoms with E-state index in [1.807, 2.05) is 0 Å². The molecule has 22 heavy (non-hydrogen) atoms. The quantitative estimate of drug-likeness (QED) is 0.868. The van der Waals surface area contributed by atoms with Gasteiger partial charge in [-0.15, -0.1) is 0 Å². The van der Waals surface area contributed by atoms with Gasteiger partial charge in [0.25, 0.3) is 0 Å². The predicted molar refractivity (Wildman–Crippen MR) is 82.8 cm³/mol. The standard InChI is InChI=1S/C17H19N5/c1-16(2,9-18)14-5-13(8-22-12-20-11-21-22)6-15(7-14)17(3,4)10-19/h5-7,11-12H,8H2,1-4H3/i8D2. The highest BCUT2D eigenvalue weighted by Crippen LogP contribution is 2.30. The second-order valence-electron chi connectivity index (χ2n) is 6.22. The van der Waals surface area contributed by atoms with Crippen LogP contribution < -0.4 is 0 Å². The summed E-state index contributed by atoms with van der Waals surface area (Å²) in [6, 6.07) is 9.56. The maximum Gasteiger partial charge on any atom is 0.137 e. The zero-order valence-electron chi connectivity index (χ0n) is 15.1. The molecule has 0 atom stereocenters. The van der Waals surface area contributed by atoms with Gasteiger partial charge < -0.3 is 0 Å². The minimum Gasteiger partial charge on any atom is -0.249 e. The van der Waals surface area contributed by atoms with Gasteiger partial charge in [-0.1, -0.05) is 18.2 Å². The highest BCUT2D eigenvalue weighted by atomic mass is 15.3. The van der Waals surface area contributed by atoms with Gasteiger partial charge in [0, 0.05) is 0 Å². The van der Waals surface area contributed by atoms with E-state index in [4.69, 9.17) is 2.74 Å². The Morgan fingerprint density at radius 1 is 1.09 bits per heavy atom. The van der Waals surface area contributed by atoms with Gasteiger partial charge in [0.05, 0.1) is 32.2 Å². The summed E-state index contributed by atoms with van der Waals surface area (Å²) in [6.45, 7) is 5.11. The predicted octanol–water partition coefficient (Wildman–Crippen LogP) is 2.93. The molecule has 0 bridgehead atoms. The molecule has 0 spiro atoms. The van der Waals surface area contributed by atoms with Crippen LogP contribution in [0.3, 0.4) is 0 Å². The molecule has 0 saturated heterocycles. The highest BCUT2D eigenvalue weighted by Gasteiger charge is 2.26. The number of benzene rings is 1. The van der Waals surface area contributed by atoms with Crippen LogP contribution in [0.4, 0.5) is 0 Å². The van der Waals surface area contributed by atoms with Crippen molar-refractivity contribution >= 4 is 0 Å². The lowest BCUT2D eigenvalue weighted by atomic mass is 9.79. The molecule has 0 aliphatic carbocycles. The fourth-order valence-corrected chi connectivity index (χ4v) is 1.94. The molecule has 0 amide bonds. The van der Waals surface area contributed by atoms with Crippen molar-refractivity contribution in [2.24, 2.45) is 0 Å². The minimum atomic E-state index is -1.95. The fraction of sp³-hybridized carbons (Fsp3) is 0.412. The molecular formula is C17H19N5. The van der Waals surface area contributed by atoms with Crippen molar-refractivity contribution in [2.75, 3.05) is 0 Å². The Balaban J connectivity index is 2.74. The summed E-state index contributed by atoms with van der Waals surface area (Å²) in [6.07, 6.45) is 2.57. The van der Waals surface area contributed by atoms with Crippen molar-refractivity contribution in [3.8, 4) is 12.1 Å². The van der Waals surface area contributed by atoms with Crippen molar-refractivity contribution < 1.29 is 2.74 Å². The molecule has 0 aliphatic heterocycles. The molecule has 1 aromatic carbocycles. The average molecular weight is 295 g/mol. The van der Waals surface area contributed by atoms with Crippen LogP contribution in [-0.4, -0.2) is 14.8 Å². The summed E-state index contributed by atoms with van der Waals surface area (Å²) < 4.78 is 17.9. The number of nitriles is 2. The number of hydrogen-bond donors (Lipinski definition) is 0. The Kier molecular flexibility index (Phi) is 3.33. The second-order valence-corrected chi connectivity index (χ2v) is 6.22. The lowest BCUT2D eigenvalue weighted by Gasteiger charge is -2.23. The van der Waals surface area contributed by atoms with Crippen LogP contribution in [0.1, 0.15) is 47.1 Å². The summed E-state index contributed by atoms with van der Waals surface area (Å²) >= 11 is 0. The topological polar surface area (TPSA) is 78.3 Å². The van der Waals surface area contributed by atoms with Crippen molar-refractivity contribution in [3.05, 3.63) is 47.5 Å². The van der Waals surface area contributed by atoms with E-state index < -0.39 is 17.3 Å². The Hall–Kier alpha value is -2.66. The van der Waals surface area contributed by atoms with Crippen molar-refractivity contribution in [2.45, 2.75) is 45.0 Å². The Morgan fingerprint density at radius 2 is 1.64 bits per heavy atom. The molecule has 5 nitrogen and oxygen atoms in total. The molecule has 1 aromatic heterocycles. The van der Waals surface area contributed by atoms with E-state index in [0.717, 1.165) is 4.68 Å². The first kappa shape index (κ1) is 13.0. The smallest absolute Gasteiger partial charge is 0.137 e. The molecule has 0 saturated carbocycles. The van der Waals surface area contributed by atoms with E-state index in [9.17, 15) is 10.5 Å². The molecule has 0 fully saturated rings. The van der Waals surface area contributed by atoms with Crippen LogP contribution in [0.25, 0.3) is 0 Å².